The van der Waals surface area contributed by atoms with Gasteiger partial charge in [-0.05, 0) is 36.2 Å². The summed E-state index contributed by atoms with van der Waals surface area (Å²) < 4.78 is 0. The summed E-state index contributed by atoms with van der Waals surface area (Å²) in [7, 11) is 0. The normalized spacial score (nSPS) is 10.3. The fourth-order valence-corrected chi connectivity index (χ4v) is 2.70. The maximum absolute atomic E-state index is 12.2. The smallest absolute Gasteiger partial charge is 0.275 e. The Morgan fingerprint density at radius 3 is 2.70 bits per heavy atom. The molecule has 0 saturated carbocycles. The molecule has 2 heterocycles. The highest BCUT2D eigenvalue weighted by Gasteiger charge is 2.11. The first kappa shape index (κ1) is 15.2. The zero-order chi connectivity index (χ0) is 16.1. The van der Waals surface area contributed by atoms with Gasteiger partial charge in [-0.25, -0.2) is 9.97 Å². The van der Waals surface area contributed by atoms with Crippen LogP contribution in [0.15, 0.2) is 54.0 Å². The van der Waals surface area contributed by atoms with Crippen LogP contribution < -0.4 is 10.6 Å². The average Bonchev–Trinajstić information content (AvgIpc) is 3.05. The summed E-state index contributed by atoms with van der Waals surface area (Å²) >= 11 is 1.37. The van der Waals surface area contributed by atoms with E-state index >= 15 is 0 Å². The molecule has 3 rings (SSSR count). The van der Waals surface area contributed by atoms with Crippen molar-refractivity contribution in [2.24, 2.45) is 0 Å². The van der Waals surface area contributed by atoms with Crippen LogP contribution in [0, 0.1) is 0 Å². The summed E-state index contributed by atoms with van der Waals surface area (Å²) in [6, 6.07) is 13.4. The van der Waals surface area contributed by atoms with Crippen molar-refractivity contribution < 1.29 is 4.79 Å². The first-order valence-corrected chi connectivity index (χ1v) is 8.16. The maximum atomic E-state index is 12.2. The molecule has 0 aliphatic rings. The van der Waals surface area contributed by atoms with Crippen LogP contribution in [0.4, 0.5) is 16.6 Å². The number of nitrogens with one attached hydrogen (secondary N) is 2. The van der Waals surface area contributed by atoms with Crippen LogP contribution in [0.25, 0.3) is 0 Å². The molecule has 116 valence electrons. The molecule has 0 spiro atoms. The van der Waals surface area contributed by atoms with E-state index in [4.69, 9.17) is 0 Å². The van der Waals surface area contributed by atoms with E-state index in [1.807, 2.05) is 42.5 Å². The Morgan fingerprint density at radius 2 is 2.00 bits per heavy atom. The molecule has 0 fully saturated rings. The molecule has 0 radical (unpaired) electrons. The third kappa shape index (κ3) is 3.92. The fraction of sp³-hybridized carbons (Fsp3) is 0.118. The van der Waals surface area contributed by atoms with Gasteiger partial charge in [-0.3, -0.25) is 4.79 Å². The van der Waals surface area contributed by atoms with Crippen molar-refractivity contribution in [1.29, 1.82) is 0 Å². The Morgan fingerprint density at radius 1 is 1.17 bits per heavy atom. The molecule has 0 atom stereocenters. The first-order chi connectivity index (χ1) is 11.2. The molecule has 0 aliphatic heterocycles. The van der Waals surface area contributed by atoms with Gasteiger partial charge >= 0.3 is 0 Å². The molecule has 0 bridgehead atoms. The van der Waals surface area contributed by atoms with Gasteiger partial charge in [0.2, 0.25) is 0 Å². The number of aryl methyl sites for hydroxylation is 1. The SMILES string of the molecule is CCc1ccc(NC(=O)c2csc(Nc3ccccn3)n2)cc1. The van der Waals surface area contributed by atoms with E-state index in [1.54, 1.807) is 11.6 Å². The minimum absolute atomic E-state index is 0.223. The van der Waals surface area contributed by atoms with Gasteiger partial charge in [0.05, 0.1) is 0 Å². The zero-order valence-corrected chi connectivity index (χ0v) is 13.4. The molecule has 1 amide bonds. The molecule has 1 aromatic carbocycles. The Labute approximate surface area is 138 Å². The summed E-state index contributed by atoms with van der Waals surface area (Å²) in [4.78, 5) is 20.7. The van der Waals surface area contributed by atoms with Crippen molar-refractivity contribution in [2.75, 3.05) is 10.6 Å². The second-order valence-electron chi connectivity index (χ2n) is 4.88. The van der Waals surface area contributed by atoms with E-state index in [0.29, 0.717) is 16.6 Å². The van der Waals surface area contributed by atoms with Crippen LogP contribution >= 0.6 is 11.3 Å². The number of anilines is 3. The number of rotatable bonds is 5. The number of benzene rings is 1. The van der Waals surface area contributed by atoms with E-state index in [-0.39, 0.29) is 5.91 Å². The average molecular weight is 324 g/mol. The van der Waals surface area contributed by atoms with Gasteiger partial charge in [-0.15, -0.1) is 11.3 Å². The fourth-order valence-electron chi connectivity index (χ4n) is 2.00. The largest absolute Gasteiger partial charge is 0.321 e. The van der Waals surface area contributed by atoms with Crippen LogP contribution in [0.1, 0.15) is 23.0 Å². The van der Waals surface area contributed by atoms with Gasteiger partial charge in [0.15, 0.2) is 5.13 Å². The van der Waals surface area contributed by atoms with Crippen LogP contribution in [0.3, 0.4) is 0 Å². The second kappa shape index (κ2) is 7.02. The molecule has 2 N–H and O–H groups in total. The Balaban J connectivity index is 1.66. The number of aromatic nitrogens is 2. The highest BCUT2D eigenvalue weighted by molar-refractivity contribution is 7.14. The molecule has 6 heteroatoms. The van der Waals surface area contributed by atoms with Gasteiger partial charge in [0.1, 0.15) is 11.5 Å². The maximum Gasteiger partial charge on any atom is 0.275 e. The number of hydrogen-bond acceptors (Lipinski definition) is 5. The Bertz CT molecular complexity index is 784. The lowest BCUT2D eigenvalue weighted by Gasteiger charge is -2.04. The first-order valence-electron chi connectivity index (χ1n) is 7.28. The summed E-state index contributed by atoms with van der Waals surface area (Å²) in [5.74, 6) is 0.475. The third-order valence-corrected chi connectivity index (χ3v) is 4.01. The number of hydrogen-bond donors (Lipinski definition) is 2. The number of carbonyl (C=O) groups is 1. The minimum atomic E-state index is -0.223. The topological polar surface area (TPSA) is 66.9 Å². The number of carbonyl (C=O) groups excluding carboxylic acids is 1. The van der Waals surface area contributed by atoms with Gasteiger partial charge in [-0.1, -0.05) is 25.1 Å². The molecule has 0 aliphatic carbocycles. The van der Waals surface area contributed by atoms with E-state index in [2.05, 4.69) is 27.5 Å². The second-order valence-corrected chi connectivity index (χ2v) is 5.74. The van der Waals surface area contributed by atoms with Gasteiger partial charge in [-0.2, -0.15) is 0 Å². The van der Waals surface area contributed by atoms with Crippen molar-refractivity contribution in [2.45, 2.75) is 13.3 Å². The minimum Gasteiger partial charge on any atom is -0.321 e. The van der Waals surface area contributed by atoms with Gasteiger partial charge in [0.25, 0.3) is 5.91 Å². The molecule has 0 saturated heterocycles. The van der Waals surface area contributed by atoms with Crippen LogP contribution in [0.5, 0.6) is 0 Å². The van der Waals surface area contributed by atoms with E-state index in [9.17, 15) is 4.79 Å². The highest BCUT2D eigenvalue weighted by atomic mass is 32.1. The molecule has 3 aromatic rings. The number of nitrogens with zero attached hydrogens (tertiary/aromatic N) is 2. The molecular weight excluding hydrogens is 308 g/mol. The summed E-state index contributed by atoms with van der Waals surface area (Å²) in [6.45, 7) is 2.10. The lowest BCUT2D eigenvalue weighted by molar-refractivity contribution is 0.102. The summed E-state index contributed by atoms with van der Waals surface area (Å²) in [6.07, 6.45) is 2.67. The summed E-state index contributed by atoms with van der Waals surface area (Å²) in [5, 5.41) is 8.28. The van der Waals surface area contributed by atoms with Crippen molar-refractivity contribution in [3.05, 3.63) is 65.3 Å². The third-order valence-electron chi connectivity index (χ3n) is 3.26. The van der Waals surface area contributed by atoms with E-state index in [1.165, 1.54) is 16.9 Å². The zero-order valence-electron chi connectivity index (χ0n) is 12.6. The molecule has 0 unspecified atom stereocenters. The van der Waals surface area contributed by atoms with Crippen LogP contribution in [0.2, 0.25) is 0 Å². The predicted octanol–water partition coefficient (Wildman–Crippen LogP) is 4.10. The monoisotopic (exact) mass is 324 g/mol. The van der Waals surface area contributed by atoms with Gasteiger partial charge in [0, 0.05) is 17.3 Å². The Hall–Kier alpha value is -2.73. The quantitative estimate of drug-likeness (QED) is 0.741. The molecule has 23 heavy (non-hydrogen) atoms. The highest BCUT2D eigenvalue weighted by Crippen LogP contribution is 2.20. The van der Waals surface area contributed by atoms with Crippen molar-refractivity contribution >= 4 is 33.9 Å². The van der Waals surface area contributed by atoms with Crippen molar-refractivity contribution in [3.8, 4) is 0 Å². The standard InChI is InChI=1S/C17H16N4OS/c1-2-12-6-8-13(9-7-12)19-16(22)14-11-23-17(20-14)21-15-5-3-4-10-18-15/h3-11H,2H2,1H3,(H,19,22)(H,18,20,21). The number of amides is 1. The Kier molecular flexibility index (Phi) is 4.63. The lowest BCUT2D eigenvalue weighted by atomic mass is 10.1. The molecule has 5 nitrogen and oxygen atoms in total. The number of thiazole rings is 1. The molecular formula is C17H16N4OS. The van der Waals surface area contributed by atoms with Crippen LogP contribution in [-0.2, 0) is 6.42 Å². The molecule has 2 aromatic heterocycles. The van der Waals surface area contributed by atoms with Crippen molar-refractivity contribution in [3.63, 3.8) is 0 Å². The van der Waals surface area contributed by atoms with Crippen molar-refractivity contribution in [1.82, 2.24) is 9.97 Å². The van der Waals surface area contributed by atoms with Gasteiger partial charge < -0.3 is 10.6 Å². The predicted molar refractivity (Wildman–Crippen MR) is 93.4 cm³/mol. The van der Waals surface area contributed by atoms with E-state index in [0.717, 1.165) is 12.1 Å². The number of pyridine rings is 1. The van der Waals surface area contributed by atoms with E-state index < -0.39 is 0 Å². The van der Waals surface area contributed by atoms with Crippen LogP contribution in [-0.4, -0.2) is 15.9 Å². The lowest BCUT2D eigenvalue weighted by Crippen LogP contribution is -2.12. The summed E-state index contributed by atoms with van der Waals surface area (Å²) in [5.41, 5.74) is 2.38.